The highest BCUT2D eigenvalue weighted by molar-refractivity contribution is 14.1. The SMILES string of the molecule is CCOC(=O)C1=C(C)N=c2s/c(=C\c3cc(I)cc(OC)c3OCc3ccc(C(=O)OCC)cc3)c(=O)n2[C@H]1c1ccc(C)cc1. The maximum absolute atomic E-state index is 14.2. The van der Waals surface area contributed by atoms with E-state index in [9.17, 15) is 14.4 Å². The third kappa shape index (κ3) is 6.95. The molecule has 0 saturated heterocycles. The number of nitrogens with zero attached hydrogens (tertiary/aromatic N) is 2. The Bertz CT molecular complexity index is 1990. The van der Waals surface area contributed by atoms with Crippen molar-refractivity contribution in [2.75, 3.05) is 20.3 Å². The maximum atomic E-state index is 14.2. The van der Waals surface area contributed by atoms with Crippen molar-refractivity contribution in [2.24, 2.45) is 4.99 Å². The van der Waals surface area contributed by atoms with Gasteiger partial charge >= 0.3 is 11.9 Å². The lowest BCUT2D eigenvalue weighted by Gasteiger charge is -2.24. The van der Waals surface area contributed by atoms with Crippen LogP contribution in [-0.2, 0) is 20.9 Å². The van der Waals surface area contributed by atoms with Gasteiger partial charge in [-0.15, -0.1) is 0 Å². The summed E-state index contributed by atoms with van der Waals surface area (Å²) in [4.78, 5) is 44.6. The molecule has 4 aromatic rings. The van der Waals surface area contributed by atoms with Gasteiger partial charge in [0.1, 0.15) is 6.61 Å². The first kappa shape index (κ1) is 33.1. The molecule has 0 spiro atoms. The van der Waals surface area contributed by atoms with Crippen molar-refractivity contribution in [3.05, 3.63) is 123 Å². The molecule has 238 valence electrons. The molecule has 0 radical (unpaired) electrons. The molecule has 46 heavy (non-hydrogen) atoms. The lowest BCUT2D eigenvalue weighted by molar-refractivity contribution is -0.139. The molecule has 1 aliphatic rings. The summed E-state index contributed by atoms with van der Waals surface area (Å²) in [6.07, 6.45) is 1.77. The first-order valence-electron chi connectivity index (χ1n) is 14.7. The van der Waals surface area contributed by atoms with Crippen molar-refractivity contribution in [1.82, 2.24) is 4.57 Å². The van der Waals surface area contributed by atoms with Crippen LogP contribution in [-0.4, -0.2) is 36.8 Å². The van der Waals surface area contributed by atoms with Crippen LogP contribution in [0.1, 0.15) is 59.4 Å². The first-order valence-corrected chi connectivity index (χ1v) is 16.6. The number of hydrogen-bond acceptors (Lipinski definition) is 9. The van der Waals surface area contributed by atoms with Gasteiger partial charge in [-0.1, -0.05) is 53.3 Å². The average Bonchev–Trinajstić information content (AvgIpc) is 3.34. The van der Waals surface area contributed by atoms with Crippen LogP contribution >= 0.6 is 33.9 Å². The fourth-order valence-electron chi connectivity index (χ4n) is 5.11. The number of allylic oxidation sites excluding steroid dienone is 1. The van der Waals surface area contributed by atoms with Crippen molar-refractivity contribution in [3.63, 3.8) is 0 Å². The van der Waals surface area contributed by atoms with Gasteiger partial charge in [0.25, 0.3) is 5.56 Å². The van der Waals surface area contributed by atoms with Gasteiger partial charge in [-0.25, -0.2) is 14.6 Å². The second-order valence-corrected chi connectivity index (χ2v) is 12.7. The van der Waals surface area contributed by atoms with Crippen LogP contribution in [0.2, 0.25) is 0 Å². The molecule has 11 heteroatoms. The number of hydrogen-bond donors (Lipinski definition) is 0. The number of benzene rings is 3. The fraction of sp³-hybridized carbons (Fsp3) is 0.257. The van der Waals surface area contributed by atoms with Gasteiger partial charge in [-0.2, -0.15) is 0 Å². The van der Waals surface area contributed by atoms with E-state index in [1.54, 1.807) is 62.8 Å². The average molecular weight is 753 g/mol. The van der Waals surface area contributed by atoms with Gasteiger partial charge in [0, 0.05) is 9.13 Å². The molecule has 1 aliphatic heterocycles. The van der Waals surface area contributed by atoms with E-state index in [1.165, 1.54) is 11.3 Å². The molecule has 2 heterocycles. The lowest BCUT2D eigenvalue weighted by Crippen LogP contribution is -2.39. The molecule has 0 N–H and O–H groups in total. The van der Waals surface area contributed by atoms with E-state index in [1.807, 2.05) is 43.3 Å². The number of methoxy groups -OCH3 is 1. The molecule has 0 bridgehead atoms. The van der Waals surface area contributed by atoms with Crippen LogP contribution in [0, 0.1) is 10.5 Å². The number of thiazole rings is 1. The Morgan fingerprint density at radius 2 is 1.65 bits per heavy atom. The number of carbonyl (C=O) groups excluding carboxylic acids is 2. The van der Waals surface area contributed by atoms with Crippen molar-refractivity contribution < 1.29 is 28.5 Å². The molecule has 1 aromatic heterocycles. The van der Waals surface area contributed by atoms with Crippen LogP contribution in [0.4, 0.5) is 0 Å². The standard InChI is InChI=1S/C35H33IN2O7S/c1-6-43-33(40)24-14-10-22(11-15-24)19-45-31-25(16-26(36)18-27(31)42-5)17-28-32(39)38-30(23-12-8-20(3)9-13-23)29(34(41)44-7-2)21(4)37-35(38)46-28/h8-18,30H,6-7,19H2,1-5H3/b28-17-/t30-/m0/s1. The highest BCUT2D eigenvalue weighted by atomic mass is 127. The van der Waals surface area contributed by atoms with Gasteiger partial charge in [0.2, 0.25) is 0 Å². The Morgan fingerprint density at radius 3 is 2.30 bits per heavy atom. The number of rotatable bonds is 10. The van der Waals surface area contributed by atoms with Gasteiger partial charge in [-0.05, 0) is 91.8 Å². The van der Waals surface area contributed by atoms with E-state index >= 15 is 0 Å². The molecule has 0 fully saturated rings. The quantitative estimate of drug-likeness (QED) is 0.156. The Labute approximate surface area is 283 Å². The van der Waals surface area contributed by atoms with Crippen molar-refractivity contribution in [3.8, 4) is 11.5 Å². The molecule has 1 atom stereocenters. The number of carbonyl (C=O) groups is 2. The summed E-state index contributed by atoms with van der Waals surface area (Å²) < 4.78 is 25.3. The summed E-state index contributed by atoms with van der Waals surface area (Å²) in [5.74, 6) is 0.0814. The number of aryl methyl sites for hydroxylation is 1. The highest BCUT2D eigenvalue weighted by Crippen LogP contribution is 2.35. The summed E-state index contributed by atoms with van der Waals surface area (Å²) in [5.41, 5.74) is 4.32. The van der Waals surface area contributed by atoms with Crippen LogP contribution in [0.5, 0.6) is 11.5 Å². The zero-order chi connectivity index (χ0) is 33.0. The minimum absolute atomic E-state index is 0.192. The third-order valence-corrected chi connectivity index (χ3v) is 8.92. The molecule has 0 saturated carbocycles. The molecule has 3 aromatic carbocycles. The van der Waals surface area contributed by atoms with E-state index in [0.29, 0.717) is 49.8 Å². The van der Waals surface area contributed by atoms with Crippen LogP contribution in [0.25, 0.3) is 6.08 Å². The third-order valence-electron chi connectivity index (χ3n) is 7.31. The molecule has 0 aliphatic carbocycles. The Kier molecular flexibility index (Phi) is 10.4. The zero-order valence-electron chi connectivity index (χ0n) is 26.1. The van der Waals surface area contributed by atoms with Crippen molar-refractivity contribution in [1.29, 1.82) is 0 Å². The number of halogens is 1. The Morgan fingerprint density at radius 1 is 0.978 bits per heavy atom. The minimum atomic E-state index is -0.697. The van der Waals surface area contributed by atoms with Gasteiger partial charge in [-0.3, -0.25) is 9.36 Å². The molecule has 9 nitrogen and oxygen atoms in total. The first-order chi connectivity index (χ1) is 22.1. The second kappa shape index (κ2) is 14.5. The van der Waals surface area contributed by atoms with E-state index < -0.39 is 12.0 Å². The number of ether oxygens (including phenoxy) is 4. The zero-order valence-corrected chi connectivity index (χ0v) is 29.1. The number of aromatic nitrogens is 1. The fourth-order valence-corrected chi connectivity index (χ4v) is 6.76. The summed E-state index contributed by atoms with van der Waals surface area (Å²) >= 11 is 3.43. The normalized spacial score (nSPS) is 14.4. The van der Waals surface area contributed by atoms with Gasteiger partial charge in [0.05, 0.1) is 47.7 Å². The summed E-state index contributed by atoms with van der Waals surface area (Å²) in [6, 6.07) is 17.8. The molecule has 5 rings (SSSR count). The summed E-state index contributed by atoms with van der Waals surface area (Å²) in [6.45, 7) is 7.95. The van der Waals surface area contributed by atoms with Gasteiger partial charge in [0.15, 0.2) is 16.3 Å². The second-order valence-electron chi connectivity index (χ2n) is 10.4. The minimum Gasteiger partial charge on any atom is -0.493 e. The molecule has 0 amide bonds. The summed E-state index contributed by atoms with van der Waals surface area (Å²) in [7, 11) is 1.56. The summed E-state index contributed by atoms with van der Waals surface area (Å²) in [5, 5.41) is 0. The predicted molar refractivity (Wildman–Crippen MR) is 184 cm³/mol. The number of esters is 2. The van der Waals surface area contributed by atoms with Crippen LogP contribution < -0.4 is 24.4 Å². The topological polar surface area (TPSA) is 105 Å². The van der Waals surface area contributed by atoms with E-state index in [0.717, 1.165) is 20.3 Å². The molecular weight excluding hydrogens is 719 g/mol. The van der Waals surface area contributed by atoms with Crippen molar-refractivity contribution in [2.45, 2.75) is 40.3 Å². The van der Waals surface area contributed by atoms with Crippen LogP contribution in [0.3, 0.4) is 0 Å². The van der Waals surface area contributed by atoms with E-state index in [2.05, 4.69) is 27.6 Å². The monoisotopic (exact) mass is 752 g/mol. The van der Waals surface area contributed by atoms with E-state index in [-0.39, 0.29) is 24.7 Å². The Hall–Kier alpha value is -4.23. The van der Waals surface area contributed by atoms with E-state index in [4.69, 9.17) is 18.9 Å². The van der Waals surface area contributed by atoms with Crippen LogP contribution in [0.15, 0.2) is 81.7 Å². The highest BCUT2D eigenvalue weighted by Gasteiger charge is 2.33. The molecular formula is C35H33IN2O7S. The maximum Gasteiger partial charge on any atom is 0.338 e. The predicted octanol–water partition coefficient (Wildman–Crippen LogP) is 5.48. The lowest BCUT2D eigenvalue weighted by atomic mass is 9.95. The molecule has 0 unspecified atom stereocenters. The van der Waals surface area contributed by atoms with Crippen molar-refractivity contribution >= 4 is 51.9 Å². The smallest absolute Gasteiger partial charge is 0.338 e. The van der Waals surface area contributed by atoms with Gasteiger partial charge < -0.3 is 18.9 Å². The Balaban J connectivity index is 1.58. The largest absolute Gasteiger partial charge is 0.493 e. The number of fused-ring (bicyclic) bond motifs is 1.